The van der Waals surface area contributed by atoms with Gasteiger partial charge in [-0.15, -0.1) is 0 Å². The molecule has 7 heteroatoms. The van der Waals surface area contributed by atoms with Crippen molar-refractivity contribution < 1.29 is 13.2 Å². The SMILES string of the molecule is CCCn1cc(CNc2c(Cl)cccc2C(F)(F)F)cn1. The first-order chi connectivity index (χ1) is 9.91. The zero-order chi connectivity index (χ0) is 15.5. The molecule has 0 aliphatic heterocycles. The summed E-state index contributed by atoms with van der Waals surface area (Å²) in [7, 11) is 0. The third kappa shape index (κ3) is 3.91. The Kier molecular flexibility index (Phi) is 4.77. The largest absolute Gasteiger partial charge is 0.418 e. The standard InChI is InChI=1S/C14H15ClF3N3/c1-2-6-21-9-10(8-20-21)7-19-13-11(14(16,17)18)4-3-5-12(13)15/h3-5,8-9,19H,2,6-7H2,1H3. The van der Waals surface area contributed by atoms with Gasteiger partial charge < -0.3 is 5.32 Å². The zero-order valence-electron chi connectivity index (χ0n) is 11.4. The summed E-state index contributed by atoms with van der Waals surface area (Å²) in [6.45, 7) is 3.04. The molecule has 0 radical (unpaired) electrons. The molecular weight excluding hydrogens is 303 g/mol. The highest BCUT2D eigenvalue weighted by Crippen LogP contribution is 2.38. The second kappa shape index (κ2) is 6.39. The van der Waals surface area contributed by atoms with Crippen LogP contribution in [0, 0.1) is 0 Å². The van der Waals surface area contributed by atoms with Gasteiger partial charge in [-0.3, -0.25) is 4.68 Å². The van der Waals surface area contributed by atoms with Gasteiger partial charge in [-0.2, -0.15) is 18.3 Å². The van der Waals surface area contributed by atoms with Gasteiger partial charge in [-0.1, -0.05) is 24.6 Å². The summed E-state index contributed by atoms with van der Waals surface area (Å²) in [4.78, 5) is 0. The maximum absolute atomic E-state index is 12.9. The van der Waals surface area contributed by atoms with E-state index in [4.69, 9.17) is 11.6 Å². The Morgan fingerprint density at radius 3 is 2.76 bits per heavy atom. The van der Waals surface area contributed by atoms with Crippen LogP contribution in [0.3, 0.4) is 0 Å². The second-order valence-corrected chi connectivity index (χ2v) is 5.03. The van der Waals surface area contributed by atoms with Crippen molar-refractivity contribution >= 4 is 17.3 Å². The Hall–Kier alpha value is -1.69. The number of halogens is 4. The fourth-order valence-corrected chi connectivity index (χ4v) is 2.22. The first kappa shape index (κ1) is 15.7. The summed E-state index contributed by atoms with van der Waals surface area (Å²) in [5.74, 6) is 0. The minimum Gasteiger partial charge on any atom is -0.379 e. The van der Waals surface area contributed by atoms with Crippen LogP contribution in [-0.2, 0) is 19.3 Å². The molecule has 2 rings (SSSR count). The molecule has 0 aliphatic rings. The smallest absolute Gasteiger partial charge is 0.379 e. The summed E-state index contributed by atoms with van der Waals surface area (Å²) in [5.41, 5.74) is -0.0673. The predicted molar refractivity (Wildman–Crippen MR) is 76.3 cm³/mol. The molecule has 2 aromatic rings. The molecule has 21 heavy (non-hydrogen) atoms. The molecule has 0 amide bonds. The van der Waals surface area contributed by atoms with Crippen LogP contribution >= 0.6 is 11.6 Å². The minimum absolute atomic E-state index is 0.0470. The molecule has 0 unspecified atom stereocenters. The lowest BCUT2D eigenvalue weighted by Gasteiger charge is -2.15. The highest BCUT2D eigenvalue weighted by atomic mass is 35.5. The van der Waals surface area contributed by atoms with E-state index in [9.17, 15) is 13.2 Å². The molecule has 0 atom stereocenters. The van der Waals surface area contributed by atoms with Crippen LogP contribution in [0.2, 0.25) is 5.02 Å². The third-order valence-corrected chi connectivity index (χ3v) is 3.24. The van der Waals surface area contributed by atoms with Crippen molar-refractivity contribution in [3.8, 4) is 0 Å². The summed E-state index contributed by atoms with van der Waals surface area (Å²) in [5, 5.41) is 6.93. The maximum atomic E-state index is 12.9. The number of aromatic nitrogens is 2. The van der Waals surface area contributed by atoms with Gasteiger partial charge in [0.2, 0.25) is 0 Å². The van der Waals surface area contributed by atoms with Gasteiger partial charge in [-0.05, 0) is 18.6 Å². The monoisotopic (exact) mass is 317 g/mol. The van der Waals surface area contributed by atoms with Crippen LogP contribution in [0.4, 0.5) is 18.9 Å². The molecule has 1 N–H and O–H groups in total. The molecule has 0 aliphatic carbocycles. The fourth-order valence-electron chi connectivity index (χ4n) is 1.98. The number of nitrogens with one attached hydrogen (secondary N) is 1. The summed E-state index contributed by atoms with van der Waals surface area (Å²) in [6, 6.07) is 3.73. The van der Waals surface area contributed by atoms with Crippen molar-refractivity contribution in [1.82, 2.24) is 9.78 Å². The lowest BCUT2D eigenvalue weighted by Crippen LogP contribution is -2.11. The van der Waals surface area contributed by atoms with Crippen molar-refractivity contribution in [2.24, 2.45) is 0 Å². The molecule has 0 spiro atoms. The summed E-state index contributed by atoms with van der Waals surface area (Å²) >= 11 is 5.87. The molecular formula is C14H15ClF3N3. The van der Waals surface area contributed by atoms with E-state index in [1.165, 1.54) is 12.1 Å². The van der Waals surface area contributed by atoms with Gasteiger partial charge >= 0.3 is 6.18 Å². The highest BCUT2D eigenvalue weighted by molar-refractivity contribution is 6.33. The van der Waals surface area contributed by atoms with Gasteiger partial charge in [-0.25, -0.2) is 0 Å². The van der Waals surface area contributed by atoms with Crippen LogP contribution in [0.15, 0.2) is 30.6 Å². The van der Waals surface area contributed by atoms with Crippen molar-refractivity contribution in [3.05, 3.63) is 46.7 Å². The number of aryl methyl sites for hydroxylation is 1. The first-order valence-corrected chi connectivity index (χ1v) is 6.90. The first-order valence-electron chi connectivity index (χ1n) is 6.52. The maximum Gasteiger partial charge on any atom is 0.418 e. The van der Waals surface area contributed by atoms with E-state index in [0.717, 1.165) is 24.6 Å². The fraction of sp³-hybridized carbons (Fsp3) is 0.357. The molecule has 0 saturated carbocycles. The van der Waals surface area contributed by atoms with E-state index >= 15 is 0 Å². The van der Waals surface area contributed by atoms with Crippen molar-refractivity contribution in [1.29, 1.82) is 0 Å². The van der Waals surface area contributed by atoms with E-state index in [-0.39, 0.29) is 17.3 Å². The Morgan fingerprint density at radius 1 is 1.33 bits per heavy atom. The van der Waals surface area contributed by atoms with Crippen molar-refractivity contribution in [2.45, 2.75) is 32.6 Å². The molecule has 1 aromatic carbocycles. The molecule has 1 heterocycles. The average molecular weight is 318 g/mol. The quantitative estimate of drug-likeness (QED) is 0.875. The summed E-state index contributed by atoms with van der Waals surface area (Å²) < 4.78 is 40.6. The lowest BCUT2D eigenvalue weighted by atomic mass is 10.1. The Labute approximate surface area is 125 Å². The van der Waals surface area contributed by atoms with Crippen molar-refractivity contribution in [3.63, 3.8) is 0 Å². The van der Waals surface area contributed by atoms with Gasteiger partial charge in [0.25, 0.3) is 0 Å². The van der Waals surface area contributed by atoms with Crippen LogP contribution < -0.4 is 5.32 Å². The molecule has 0 bridgehead atoms. The lowest BCUT2D eigenvalue weighted by molar-refractivity contribution is -0.136. The topological polar surface area (TPSA) is 29.9 Å². The molecule has 0 saturated heterocycles. The van der Waals surface area contributed by atoms with Crippen LogP contribution in [0.25, 0.3) is 0 Å². The van der Waals surface area contributed by atoms with E-state index in [1.807, 2.05) is 6.92 Å². The number of hydrogen-bond acceptors (Lipinski definition) is 2. The number of nitrogens with zero attached hydrogens (tertiary/aromatic N) is 2. The second-order valence-electron chi connectivity index (χ2n) is 4.63. The Balaban J connectivity index is 2.15. The number of benzene rings is 1. The van der Waals surface area contributed by atoms with Crippen LogP contribution in [-0.4, -0.2) is 9.78 Å². The van der Waals surface area contributed by atoms with Gasteiger partial charge in [0.05, 0.1) is 22.5 Å². The van der Waals surface area contributed by atoms with Crippen molar-refractivity contribution in [2.75, 3.05) is 5.32 Å². The van der Waals surface area contributed by atoms with E-state index in [2.05, 4.69) is 10.4 Å². The highest BCUT2D eigenvalue weighted by Gasteiger charge is 2.34. The zero-order valence-corrected chi connectivity index (χ0v) is 12.2. The van der Waals surface area contributed by atoms with Gasteiger partial charge in [0.1, 0.15) is 0 Å². The predicted octanol–water partition coefficient (Wildman–Crippen LogP) is 4.58. The number of anilines is 1. The van der Waals surface area contributed by atoms with Gasteiger partial charge in [0, 0.05) is 24.8 Å². The third-order valence-electron chi connectivity index (χ3n) is 2.93. The Morgan fingerprint density at radius 2 is 2.10 bits per heavy atom. The average Bonchev–Trinajstić information content (AvgIpc) is 2.84. The molecule has 3 nitrogen and oxygen atoms in total. The minimum atomic E-state index is -4.44. The number of hydrogen-bond donors (Lipinski definition) is 1. The Bertz CT molecular complexity index is 608. The number of rotatable bonds is 5. The van der Waals surface area contributed by atoms with Crippen LogP contribution in [0.1, 0.15) is 24.5 Å². The number of alkyl halides is 3. The van der Waals surface area contributed by atoms with E-state index < -0.39 is 11.7 Å². The number of para-hydroxylation sites is 1. The molecule has 114 valence electrons. The molecule has 1 aromatic heterocycles. The normalized spacial score (nSPS) is 11.7. The van der Waals surface area contributed by atoms with Crippen LogP contribution in [0.5, 0.6) is 0 Å². The van der Waals surface area contributed by atoms with Gasteiger partial charge in [0.15, 0.2) is 0 Å². The van der Waals surface area contributed by atoms with E-state index in [1.54, 1.807) is 17.1 Å². The molecule has 0 fully saturated rings. The summed E-state index contributed by atoms with van der Waals surface area (Å²) in [6.07, 6.45) is -0.0652. The van der Waals surface area contributed by atoms with E-state index in [0.29, 0.717) is 0 Å².